The van der Waals surface area contributed by atoms with E-state index in [-0.39, 0.29) is 33.4 Å². The van der Waals surface area contributed by atoms with E-state index in [0.29, 0.717) is 0 Å². The van der Waals surface area contributed by atoms with E-state index in [1.807, 2.05) is 0 Å². The minimum Gasteiger partial charge on any atom is -0.478 e. The van der Waals surface area contributed by atoms with Crippen molar-refractivity contribution in [1.29, 1.82) is 0 Å². The van der Waals surface area contributed by atoms with Crippen molar-refractivity contribution in [2.45, 2.75) is 31.7 Å². The Morgan fingerprint density at radius 2 is 1.70 bits per heavy atom. The van der Waals surface area contributed by atoms with Crippen LogP contribution >= 0.6 is 23.2 Å². The molecule has 0 radical (unpaired) electrons. The number of aromatic carboxylic acids is 1. The van der Waals surface area contributed by atoms with E-state index in [9.17, 15) is 9.59 Å². The average molecular weight is 317 g/mol. The number of halogens is 2. The fraction of sp³-hybridized carbons (Fsp3) is 0.385. The van der Waals surface area contributed by atoms with Crippen molar-refractivity contribution in [2.75, 3.05) is 5.32 Å². The Morgan fingerprint density at radius 3 is 2.20 bits per heavy atom. The fourth-order valence-electron chi connectivity index (χ4n) is 2.22. The number of carbonyl (C=O) groups excluding carboxylic acids is 1. The SMILES string of the molecule is O=C(Nc1c(Cl)cc(C(=O)O)cc1Cl)NC1CCCC1. The van der Waals surface area contributed by atoms with Gasteiger partial charge in [0.05, 0.1) is 21.3 Å². The molecule has 3 N–H and O–H groups in total. The van der Waals surface area contributed by atoms with E-state index in [2.05, 4.69) is 10.6 Å². The van der Waals surface area contributed by atoms with E-state index in [1.54, 1.807) is 0 Å². The summed E-state index contributed by atoms with van der Waals surface area (Å²) in [5.74, 6) is -1.13. The first-order valence-electron chi connectivity index (χ1n) is 6.27. The summed E-state index contributed by atoms with van der Waals surface area (Å²) in [7, 11) is 0. The van der Waals surface area contributed by atoms with Crippen LogP contribution in [0.1, 0.15) is 36.0 Å². The Kier molecular flexibility index (Phi) is 4.73. The zero-order valence-electron chi connectivity index (χ0n) is 10.6. The molecule has 2 rings (SSSR count). The van der Waals surface area contributed by atoms with Crippen LogP contribution in [0, 0.1) is 0 Å². The zero-order valence-corrected chi connectivity index (χ0v) is 12.1. The minimum absolute atomic E-state index is 0.0262. The van der Waals surface area contributed by atoms with Crippen molar-refractivity contribution in [1.82, 2.24) is 5.32 Å². The van der Waals surface area contributed by atoms with Crippen LogP contribution in [0.25, 0.3) is 0 Å². The molecule has 1 aliphatic carbocycles. The number of amides is 2. The number of carboxylic acid groups (broad SMARTS) is 1. The van der Waals surface area contributed by atoms with Crippen molar-refractivity contribution in [3.63, 3.8) is 0 Å². The first kappa shape index (κ1) is 14.9. The van der Waals surface area contributed by atoms with Crippen LogP contribution in [-0.2, 0) is 0 Å². The van der Waals surface area contributed by atoms with Crippen molar-refractivity contribution in [3.8, 4) is 0 Å². The van der Waals surface area contributed by atoms with E-state index in [0.717, 1.165) is 25.7 Å². The molecular weight excluding hydrogens is 303 g/mol. The fourth-order valence-corrected chi connectivity index (χ4v) is 2.80. The molecule has 1 aromatic rings. The number of nitrogens with one attached hydrogen (secondary N) is 2. The van der Waals surface area contributed by atoms with Crippen molar-refractivity contribution in [3.05, 3.63) is 27.7 Å². The lowest BCUT2D eigenvalue weighted by molar-refractivity contribution is 0.0697. The average Bonchev–Trinajstić information content (AvgIpc) is 2.86. The summed E-state index contributed by atoms with van der Waals surface area (Å²) < 4.78 is 0. The maximum absolute atomic E-state index is 11.8. The number of anilines is 1. The van der Waals surface area contributed by atoms with Gasteiger partial charge in [0, 0.05) is 6.04 Å². The smallest absolute Gasteiger partial charge is 0.335 e. The third-order valence-electron chi connectivity index (χ3n) is 3.22. The summed E-state index contributed by atoms with van der Waals surface area (Å²) in [6.45, 7) is 0. The lowest BCUT2D eigenvalue weighted by atomic mass is 10.2. The highest BCUT2D eigenvalue weighted by Crippen LogP contribution is 2.32. The van der Waals surface area contributed by atoms with E-state index >= 15 is 0 Å². The maximum Gasteiger partial charge on any atom is 0.335 e. The summed E-state index contributed by atoms with van der Waals surface area (Å²) in [6, 6.07) is 2.29. The molecule has 0 atom stereocenters. The molecule has 5 nitrogen and oxygen atoms in total. The molecule has 0 saturated heterocycles. The van der Waals surface area contributed by atoms with Crippen LogP contribution in [0.5, 0.6) is 0 Å². The number of urea groups is 1. The predicted molar refractivity (Wildman–Crippen MR) is 77.8 cm³/mol. The zero-order chi connectivity index (χ0) is 14.7. The quantitative estimate of drug-likeness (QED) is 0.794. The Bertz CT molecular complexity index is 519. The lowest BCUT2D eigenvalue weighted by Gasteiger charge is -2.15. The second-order valence-electron chi connectivity index (χ2n) is 4.70. The number of carboxylic acids is 1. The van der Waals surface area contributed by atoms with Gasteiger partial charge >= 0.3 is 12.0 Å². The maximum atomic E-state index is 11.8. The lowest BCUT2D eigenvalue weighted by Crippen LogP contribution is -2.36. The predicted octanol–water partition coefficient (Wildman–Crippen LogP) is 3.76. The molecule has 2 amide bonds. The van der Waals surface area contributed by atoms with Gasteiger partial charge in [-0.25, -0.2) is 9.59 Å². The largest absolute Gasteiger partial charge is 0.478 e. The monoisotopic (exact) mass is 316 g/mol. The van der Waals surface area contributed by atoms with Gasteiger partial charge < -0.3 is 15.7 Å². The molecule has 1 fully saturated rings. The highest BCUT2D eigenvalue weighted by atomic mass is 35.5. The molecule has 1 aliphatic rings. The molecular formula is C13H14Cl2N2O3. The second kappa shape index (κ2) is 6.33. The van der Waals surface area contributed by atoms with Gasteiger partial charge in [-0.1, -0.05) is 36.0 Å². The normalized spacial score (nSPS) is 15.1. The van der Waals surface area contributed by atoms with Crippen molar-refractivity contribution in [2.24, 2.45) is 0 Å². The van der Waals surface area contributed by atoms with Crippen molar-refractivity contribution >= 4 is 40.9 Å². The molecule has 0 bridgehead atoms. The standard InChI is InChI=1S/C13H14Cl2N2O3/c14-9-5-7(12(18)19)6-10(15)11(9)17-13(20)16-8-3-1-2-4-8/h5-6,8H,1-4H2,(H,18,19)(H2,16,17,20). The Hall–Kier alpha value is -1.46. The molecule has 1 saturated carbocycles. The van der Waals surface area contributed by atoms with E-state index in [1.165, 1.54) is 12.1 Å². The molecule has 0 heterocycles. The van der Waals surface area contributed by atoms with Gasteiger partial charge in [-0.3, -0.25) is 0 Å². The van der Waals surface area contributed by atoms with Crippen LogP contribution in [-0.4, -0.2) is 23.1 Å². The Labute approximate surface area is 126 Å². The summed E-state index contributed by atoms with van der Waals surface area (Å²) in [6.07, 6.45) is 4.15. The summed E-state index contributed by atoms with van der Waals surface area (Å²) in [4.78, 5) is 22.7. The molecule has 0 aliphatic heterocycles. The molecule has 7 heteroatoms. The molecule has 0 aromatic heterocycles. The van der Waals surface area contributed by atoms with E-state index < -0.39 is 5.97 Å². The Balaban J connectivity index is 2.08. The number of carbonyl (C=O) groups is 2. The summed E-state index contributed by atoms with van der Waals surface area (Å²) in [5.41, 5.74) is 0.190. The highest BCUT2D eigenvalue weighted by molar-refractivity contribution is 6.40. The van der Waals surface area contributed by atoms with Gasteiger partial charge in [0.25, 0.3) is 0 Å². The topological polar surface area (TPSA) is 78.4 Å². The number of rotatable bonds is 3. The number of hydrogen-bond acceptors (Lipinski definition) is 2. The molecule has 20 heavy (non-hydrogen) atoms. The molecule has 108 valence electrons. The van der Waals surface area contributed by atoms with Crippen LogP contribution in [0.2, 0.25) is 10.0 Å². The number of benzene rings is 1. The second-order valence-corrected chi connectivity index (χ2v) is 5.51. The molecule has 0 unspecified atom stereocenters. The molecule has 0 spiro atoms. The van der Waals surface area contributed by atoms with Crippen LogP contribution < -0.4 is 10.6 Å². The van der Waals surface area contributed by atoms with Gasteiger partial charge in [0.1, 0.15) is 0 Å². The number of hydrogen-bond donors (Lipinski definition) is 3. The van der Waals surface area contributed by atoms with Gasteiger partial charge in [-0.2, -0.15) is 0 Å². The minimum atomic E-state index is -1.13. The van der Waals surface area contributed by atoms with E-state index in [4.69, 9.17) is 28.3 Å². The summed E-state index contributed by atoms with van der Waals surface area (Å²) >= 11 is 11.9. The van der Waals surface area contributed by atoms with Crippen LogP contribution in [0.4, 0.5) is 10.5 Å². The third-order valence-corrected chi connectivity index (χ3v) is 3.81. The first-order valence-corrected chi connectivity index (χ1v) is 7.03. The van der Waals surface area contributed by atoms with Crippen LogP contribution in [0.15, 0.2) is 12.1 Å². The van der Waals surface area contributed by atoms with Gasteiger partial charge in [-0.15, -0.1) is 0 Å². The van der Waals surface area contributed by atoms with Gasteiger partial charge in [0.15, 0.2) is 0 Å². The van der Waals surface area contributed by atoms with Crippen LogP contribution in [0.3, 0.4) is 0 Å². The molecule has 1 aromatic carbocycles. The summed E-state index contributed by atoms with van der Waals surface area (Å²) in [5, 5.41) is 14.5. The van der Waals surface area contributed by atoms with Gasteiger partial charge in [-0.05, 0) is 25.0 Å². The van der Waals surface area contributed by atoms with Crippen molar-refractivity contribution < 1.29 is 14.7 Å². The Morgan fingerprint density at radius 1 is 1.15 bits per heavy atom. The van der Waals surface area contributed by atoms with Gasteiger partial charge in [0.2, 0.25) is 0 Å². The highest BCUT2D eigenvalue weighted by Gasteiger charge is 2.19. The first-order chi connectivity index (χ1) is 9.47. The third kappa shape index (κ3) is 3.55.